The molecule has 1 amide bonds. The summed E-state index contributed by atoms with van der Waals surface area (Å²) in [7, 11) is 1.65. The van der Waals surface area contributed by atoms with E-state index >= 15 is 0 Å². The highest BCUT2D eigenvalue weighted by molar-refractivity contribution is 14.1. The van der Waals surface area contributed by atoms with Crippen LogP contribution in [0, 0.1) is 3.57 Å². The first-order valence-electron chi connectivity index (χ1n) is 7.27. The summed E-state index contributed by atoms with van der Waals surface area (Å²) < 4.78 is 6.40. The topological polar surface area (TPSA) is 29.5 Å². The van der Waals surface area contributed by atoms with Gasteiger partial charge < -0.3 is 9.64 Å². The molecule has 0 bridgehead atoms. The van der Waals surface area contributed by atoms with Crippen LogP contribution in [0.15, 0.2) is 48.5 Å². The summed E-state index contributed by atoms with van der Waals surface area (Å²) in [6.07, 6.45) is 0. The first-order chi connectivity index (χ1) is 10.6. The summed E-state index contributed by atoms with van der Waals surface area (Å²) in [4.78, 5) is 14.6. The molecule has 0 fully saturated rings. The summed E-state index contributed by atoms with van der Waals surface area (Å²) in [6.45, 7) is 4.70. The number of amides is 1. The van der Waals surface area contributed by atoms with Crippen LogP contribution < -0.4 is 4.74 Å². The van der Waals surface area contributed by atoms with Gasteiger partial charge in [0, 0.05) is 15.7 Å². The lowest BCUT2D eigenvalue weighted by Crippen LogP contribution is -2.33. The minimum atomic E-state index is -0.00752. The number of hydrogen-bond acceptors (Lipinski definition) is 2. The second kappa shape index (κ2) is 7.63. The summed E-state index contributed by atoms with van der Waals surface area (Å²) >= 11 is 2.24. The highest BCUT2D eigenvalue weighted by Crippen LogP contribution is 2.25. The lowest BCUT2D eigenvalue weighted by molar-refractivity contribution is 0.0702. The van der Waals surface area contributed by atoms with Crippen LogP contribution in [0.4, 0.5) is 0 Å². The van der Waals surface area contributed by atoms with Crippen LogP contribution in [0.25, 0.3) is 0 Å². The van der Waals surface area contributed by atoms with Gasteiger partial charge in [0.1, 0.15) is 5.75 Å². The Balaban J connectivity index is 2.26. The smallest absolute Gasteiger partial charge is 0.254 e. The van der Waals surface area contributed by atoms with Gasteiger partial charge in [-0.2, -0.15) is 0 Å². The molecule has 0 N–H and O–H groups in total. The molecule has 0 saturated heterocycles. The number of methoxy groups -OCH3 is 1. The number of carbonyl (C=O) groups excluding carboxylic acids is 1. The fourth-order valence-electron chi connectivity index (χ4n) is 2.43. The third-order valence-electron chi connectivity index (χ3n) is 3.74. The third-order valence-corrected chi connectivity index (χ3v) is 4.46. The van der Waals surface area contributed by atoms with Crippen LogP contribution in [0.1, 0.15) is 35.8 Å². The molecule has 2 rings (SSSR count). The fraction of sp³-hybridized carbons (Fsp3) is 0.278. The van der Waals surface area contributed by atoms with E-state index in [0.717, 1.165) is 20.4 Å². The Bertz CT molecular complexity index is 640. The maximum atomic E-state index is 12.7. The highest BCUT2D eigenvalue weighted by Gasteiger charge is 2.21. The van der Waals surface area contributed by atoms with Crippen LogP contribution in [-0.4, -0.2) is 24.5 Å². The van der Waals surface area contributed by atoms with Gasteiger partial charge in [-0.1, -0.05) is 12.1 Å². The van der Waals surface area contributed by atoms with Crippen LogP contribution in [0.2, 0.25) is 0 Å². The molecule has 1 atom stereocenters. The lowest BCUT2D eigenvalue weighted by atomic mass is 10.1. The molecule has 0 aliphatic rings. The molecule has 4 heteroatoms. The van der Waals surface area contributed by atoms with Gasteiger partial charge in [0.2, 0.25) is 0 Å². The van der Waals surface area contributed by atoms with Crippen LogP contribution in [-0.2, 0) is 0 Å². The van der Waals surface area contributed by atoms with Crippen molar-refractivity contribution in [2.75, 3.05) is 13.7 Å². The molecule has 0 aliphatic heterocycles. The quantitative estimate of drug-likeness (QED) is 0.680. The molecule has 0 aliphatic carbocycles. The Morgan fingerprint density at radius 1 is 1.23 bits per heavy atom. The van der Waals surface area contributed by atoms with Crippen molar-refractivity contribution in [2.24, 2.45) is 0 Å². The zero-order chi connectivity index (χ0) is 16.1. The SMILES string of the molecule is CCN(C(=O)c1ccc(I)cc1)C(C)c1cccc(OC)c1. The Labute approximate surface area is 145 Å². The van der Waals surface area contributed by atoms with Gasteiger partial charge in [-0.3, -0.25) is 4.79 Å². The average molecular weight is 409 g/mol. The maximum absolute atomic E-state index is 12.7. The lowest BCUT2D eigenvalue weighted by Gasteiger charge is -2.28. The van der Waals surface area contributed by atoms with Crippen molar-refractivity contribution in [2.45, 2.75) is 19.9 Å². The van der Waals surface area contributed by atoms with Crippen molar-refractivity contribution >= 4 is 28.5 Å². The predicted octanol–water partition coefficient (Wildman–Crippen LogP) is 4.52. The zero-order valence-corrected chi connectivity index (χ0v) is 15.2. The van der Waals surface area contributed by atoms with E-state index in [1.54, 1.807) is 7.11 Å². The minimum absolute atomic E-state index is 0.00752. The van der Waals surface area contributed by atoms with Crippen molar-refractivity contribution < 1.29 is 9.53 Å². The number of carbonyl (C=O) groups is 1. The molecule has 2 aromatic carbocycles. The summed E-state index contributed by atoms with van der Waals surface area (Å²) in [5, 5.41) is 0. The van der Waals surface area contributed by atoms with E-state index in [1.807, 2.05) is 67.3 Å². The number of benzene rings is 2. The second-order valence-corrected chi connectivity index (χ2v) is 6.30. The molecule has 116 valence electrons. The standard InChI is InChI=1S/C18H20INO2/c1-4-20(18(21)14-8-10-16(19)11-9-14)13(2)15-6-5-7-17(12-15)22-3/h5-13H,4H2,1-3H3. The van der Waals surface area contributed by atoms with E-state index in [9.17, 15) is 4.79 Å². The predicted molar refractivity (Wildman–Crippen MR) is 97.3 cm³/mol. The average Bonchev–Trinajstić information content (AvgIpc) is 2.56. The molecular weight excluding hydrogens is 389 g/mol. The second-order valence-electron chi connectivity index (χ2n) is 5.05. The molecule has 0 radical (unpaired) electrons. The number of hydrogen-bond donors (Lipinski definition) is 0. The number of ether oxygens (including phenoxy) is 1. The van der Waals surface area contributed by atoms with Gasteiger partial charge >= 0.3 is 0 Å². The van der Waals surface area contributed by atoms with Gasteiger partial charge in [0.25, 0.3) is 5.91 Å². The third kappa shape index (κ3) is 3.80. The molecule has 0 spiro atoms. The normalized spacial score (nSPS) is 11.8. The molecule has 2 aromatic rings. The molecule has 1 unspecified atom stereocenters. The zero-order valence-electron chi connectivity index (χ0n) is 13.0. The minimum Gasteiger partial charge on any atom is -0.497 e. The van der Waals surface area contributed by atoms with E-state index in [1.165, 1.54) is 0 Å². The summed E-state index contributed by atoms with van der Waals surface area (Å²) in [5.74, 6) is 0.858. The van der Waals surface area contributed by atoms with Crippen LogP contribution >= 0.6 is 22.6 Å². The Hall–Kier alpha value is -1.56. The van der Waals surface area contributed by atoms with E-state index < -0.39 is 0 Å². The van der Waals surface area contributed by atoms with Crippen molar-refractivity contribution in [1.29, 1.82) is 0 Å². The van der Waals surface area contributed by atoms with Crippen molar-refractivity contribution in [3.05, 3.63) is 63.2 Å². The monoisotopic (exact) mass is 409 g/mol. The molecule has 0 aromatic heterocycles. The van der Waals surface area contributed by atoms with Crippen LogP contribution in [0.3, 0.4) is 0 Å². The highest BCUT2D eigenvalue weighted by atomic mass is 127. The van der Waals surface area contributed by atoms with Gasteiger partial charge in [-0.15, -0.1) is 0 Å². The Morgan fingerprint density at radius 2 is 1.91 bits per heavy atom. The maximum Gasteiger partial charge on any atom is 0.254 e. The van der Waals surface area contributed by atoms with E-state index in [4.69, 9.17) is 4.74 Å². The fourth-order valence-corrected chi connectivity index (χ4v) is 2.79. The number of nitrogens with zero attached hydrogens (tertiary/aromatic N) is 1. The molecule has 0 saturated carbocycles. The molecular formula is C18H20INO2. The molecule has 0 heterocycles. The van der Waals surface area contributed by atoms with Gasteiger partial charge in [0.05, 0.1) is 13.2 Å². The number of rotatable bonds is 5. The van der Waals surface area contributed by atoms with E-state index in [2.05, 4.69) is 22.6 Å². The van der Waals surface area contributed by atoms with E-state index in [0.29, 0.717) is 6.54 Å². The molecule has 22 heavy (non-hydrogen) atoms. The van der Waals surface area contributed by atoms with E-state index in [-0.39, 0.29) is 11.9 Å². The van der Waals surface area contributed by atoms with Gasteiger partial charge in [-0.05, 0) is 78.4 Å². The summed E-state index contributed by atoms with van der Waals surface area (Å²) in [5.41, 5.74) is 1.79. The Kier molecular flexibility index (Phi) is 5.83. The number of halogens is 1. The van der Waals surface area contributed by atoms with Gasteiger partial charge in [-0.25, -0.2) is 0 Å². The molecule has 3 nitrogen and oxygen atoms in total. The summed E-state index contributed by atoms with van der Waals surface area (Å²) in [6, 6.07) is 15.5. The van der Waals surface area contributed by atoms with Crippen molar-refractivity contribution in [3.8, 4) is 5.75 Å². The van der Waals surface area contributed by atoms with Crippen molar-refractivity contribution in [3.63, 3.8) is 0 Å². The first kappa shape index (κ1) is 16.8. The largest absolute Gasteiger partial charge is 0.497 e. The first-order valence-corrected chi connectivity index (χ1v) is 8.35. The van der Waals surface area contributed by atoms with Crippen molar-refractivity contribution in [1.82, 2.24) is 4.90 Å². The Morgan fingerprint density at radius 3 is 2.50 bits per heavy atom. The van der Waals surface area contributed by atoms with Gasteiger partial charge in [0.15, 0.2) is 0 Å². The van der Waals surface area contributed by atoms with Crippen LogP contribution in [0.5, 0.6) is 5.75 Å².